The molecule has 4 aromatic rings. The van der Waals surface area contributed by atoms with Crippen LogP contribution in [0.4, 0.5) is 30.7 Å². The lowest BCUT2D eigenvalue weighted by Crippen LogP contribution is -2.48. The van der Waals surface area contributed by atoms with Crippen LogP contribution in [0.25, 0.3) is 10.9 Å². The molecule has 1 N–H and O–H groups in total. The molecule has 0 radical (unpaired) electrons. The number of rotatable bonds is 5. The minimum absolute atomic E-state index is 0.0821. The minimum atomic E-state index is -4.90. The van der Waals surface area contributed by atoms with Gasteiger partial charge in [0.1, 0.15) is 23.7 Å². The molecule has 0 spiro atoms. The highest BCUT2D eigenvalue weighted by Gasteiger charge is 2.58. The number of nitrogens with zero attached hydrogens (tertiary/aromatic N) is 5. The summed E-state index contributed by atoms with van der Waals surface area (Å²) in [4.78, 5) is 3.49. The fourth-order valence-electron chi connectivity index (χ4n) is 3.43. The zero-order valence-corrected chi connectivity index (χ0v) is 16.2. The molecule has 0 aliphatic heterocycles. The van der Waals surface area contributed by atoms with Crippen molar-refractivity contribution in [1.29, 1.82) is 0 Å². The second kappa shape index (κ2) is 7.76. The van der Waals surface area contributed by atoms with E-state index in [1.807, 2.05) is 0 Å². The Labute approximate surface area is 180 Å². The number of pyridine rings is 1. The number of fused-ring (bicyclic) bond motifs is 1. The summed E-state index contributed by atoms with van der Waals surface area (Å²) >= 11 is 0. The maximum absolute atomic E-state index is 15.8. The van der Waals surface area contributed by atoms with Gasteiger partial charge in [-0.15, -0.1) is 5.10 Å². The standard InChI is InChI=1S/C20H12F7N5O/c21-12-5-6-13(15(22)8-12)18(33,9-32-10-28-30-31-32)19(23,24)16-7-4-11-2-1-3-14(17(11)29-16)20(25,26)27/h1-8,10,33H,9H2. The van der Waals surface area contributed by atoms with Crippen molar-refractivity contribution < 1.29 is 35.8 Å². The first-order valence-corrected chi connectivity index (χ1v) is 9.17. The van der Waals surface area contributed by atoms with Gasteiger partial charge in [0.05, 0.1) is 17.6 Å². The van der Waals surface area contributed by atoms with Gasteiger partial charge >= 0.3 is 12.1 Å². The lowest BCUT2D eigenvalue weighted by molar-refractivity contribution is -0.207. The molecule has 2 aromatic heterocycles. The summed E-state index contributed by atoms with van der Waals surface area (Å²) in [6.45, 7) is -1.13. The lowest BCUT2D eigenvalue weighted by atomic mass is 9.84. The molecule has 0 fully saturated rings. The van der Waals surface area contributed by atoms with Crippen LogP contribution in [0.3, 0.4) is 0 Å². The zero-order valence-electron chi connectivity index (χ0n) is 16.2. The first-order chi connectivity index (χ1) is 15.4. The van der Waals surface area contributed by atoms with Crippen LogP contribution in [0.1, 0.15) is 16.8 Å². The number of alkyl halides is 5. The van der Waals surface area contributed by atoms with Gasteiger partial charge in [0, 0.05) is 17.0 Å². The molecule has 0 saturated heterocycles. The number of para-hydroxylation sites is 1. The summed E-state index contributed by atoms with van der Waals surface area (Å²) in [5.41, 5.74) is -7.82. The lowest BCUT2D eigenvalue weighted by Gasteiger charge is -2.35. The van der Waals surface area contributed by atoms with Crippen molar-refractivity contribution in [3.8, 4) is 0 Å². The maximum Gasteiger partial charge on any atom is 0.418 e. The van der Waals surface area contributed by atoms with Gasteiger partial charge in [-0.2, -0.15) is 22.0 Å². The molecule has 0 bridgehead atoms. The van der Waals surface area contributed by atoms with Crippen LogP contribution in [0.2, 0.25) is 0 Å². The van der Waals surface area contributed by atoms with E-state index >= 15 is 8.78 Å². The Morgan fingerprint density at radius 3 is 2.30 bits per heavy atom. The second-order valence-corrected chi connectivity index (χ2v) is 7.14. The molecule has 0 aliphatic carbocycles. The number of halogens is 7. The van der Waals surface area contributed by atoms with Crippen molar-refractivity contribution in [2.24, 2.45) is 0 Å². The van der Waals surface area contributed by atoms with Gasteiger partial charge in [-0.05, 0) is 34.7 Å². The zero-order chi connectivity index (χ0) is 24.0. The third-order valence-electron chi connectivity index (χ3n) is 5.03. The van der Waals surface area contributed by atoms with Crippen molar-refractivity contribution in [2.75, 3.05) is 0 Å². The first-order valence-electron chi connectivity index (χ1n) is 9.17. The van der Waals surface area contributed by atoms with Crippen molar-refractivity contribution in [1.82, 2.24) is 25.2 Å². The van der Waals surface area contributed by atoms with E-state index in [0.717, 1.165) is 18.5 Å². The molecule has 1 atom stereocenters. The average Bonchev–Trinajstić information content (AvgIpc) is 3.24. The van der Waals surface area contributed by atoms with E-state index < -0.39 is 58.2 Å². The number of hydrogen-bond acceptors (Lipinski definition) is 5. The number of hydrogen-bond donors (Lipinski definition) is 1. The van der Waals surface area contributed by atoms with E-state index in [1.165, 1.54) is 6.07 Å². The van der Waals surface area contributed by atoms with Crippen molar-refractivity contribution in [3.05, 3.63) is 83.3 Å². The summed E-state index contributed by atoms with van der Waals surface area (Å²) in [6.07, 6.45) is -4.04. The van der Waals surface area contributed by atoms with Gasteiger partial charge in [0.25, 0.3) is 0 Å². The van der Waals surface area contributed by atoms with Gasteiger partial charge in [0.15, 0.2) is 5.60 Å². The third kappa shape index (κ3) is 3.88. The quantitative estimate of drug-likeness (QED) is 0.442. The fraction of sp³-hybridized carbons (Fsp3) is 0.200. The number of aliphatic hydroxyl groups is 1. The van der Waals surface area contributed by atoms with Crippen LogP contribution in [0.15, 0.2) is 54.9 Å². The molecule has 172 valence electrons. The van der Waals surface area contributed by atoms with E-state index in [-0.39, 0.29) is 11.5 Å². The Morgan fingerprint density at radius 2 is 1.67 bits per heavy atom. The van der Waals surface area contributed by atoms with Gasteiger partial charge < -0.3 is 5.11 Å². The number of benzene rings is 2. The largest absolute Gasteiger partial charge is 0.418 e. The Kier molecular flexibility index (Phi) is 5.31. The first kappa shape index (κ1) is 22.6. The maximum atomic E-state index is 15.8. The summed E-state index contributed by atoms with van der Waals surface area (Å²) in [5.74, 6) is -7.09. The summed E-state index contributed by atoms with van der Waals surface area (Å²) in [6, 6.07) is 6.22. The Bertz CT molecular complexity index is 1310. The molecular formula is C20H12F7N5O. The molecule has 2 heterocycles. The van der Waals surface area contributed by atoms with Crippen LogP contribution in [0, 0.1) is 11.6 Å². The molecule has 1 unspecified atom stereocenters. The van der Waals surface area contributed by atoms with E-state index in [9.17, 15) is 27.1 Å². The normalized spacial score (nSPS) is 14.4. The molecular weight excluding hydrogens is 459 g/mol. The topological polar surface area (TPSA) is 76.7 Å². The highest BCUT2D eigenvalue weighted by atomic mass is 19.4. The van der Waals surface area contributed by atoms with E-state index in [4.69, 9.17) is 0 Å². The van der Waals surface area contributed by atoms with Crippen LogP contribution >= 0.6 is 0 Å². The van der Waals surface area contributed by atoms with E-state index in [1.54, 1.807) is 0 Å². The number of tetrazole rings is 1. The third-order valence-corrected chi connectivity index (χ3v) is 5.03. The van der Waals surface area contributed by atoms with Crippen molar-refractivity contribution in [2.45, 2.75) is 24.2 Å². The van der Waals surface area contributed by atoms with E-state index in [0.29, 0.717) is 28.9 Å². The van der Waals surface area contributed by atoms with Gasteiger partial charge in [0.2, 0.25) is 0 Å². The van der Waals surface area contributed by atoms with Crippen LogP contribution in [-0.2, 0) is 24.2 Å². The molecule has 0 saturated carbocycles. The number of aromatic nitrogens is 5. The van der Waals surface area contributed by atoms with Crippen molar-refractivity contribution in [3.63, 3.8) is 0 Å². The SMILES string of the molecule is OC(Cn1cnnn1)(c1ccc(F)cc1F)C(F)(F)c1ccc2cccc(C(F)(F)F)c2n1. The molecule has 0 aliphatic rings. The molecule has 6 nitrogen and oxygen atoms in total. The molecule has 4 rings (SSSR count). The van der Waals surface area contributed by atoms with Crippen LogP contribution < -0.4 is 0 Å². The monoisotopic (exact) mass is 471 g/mol. The fourth-order valence-corrected chi connectivity index (χ4v) is 3.43. The summed E-state index contributed by atoms with van der Waals surface area (Å²) < 4.78 is 100. The van der Waals surface area contributed by atoms with Crippen molar-refractivity contribution >= 4 is 10.9 Å². The second-order valence-electron chi connectivity index (χ2n) is 7.14. The van der Waals surface area contributed by atoms with Gasteiger partial charge in [-0.3, -0.25) is 0 Å². The predicted octanol–water partition coefficient (Wildman–Crippen LogP) is 4.20. The van der Waals surface area contributed by atoms with Gasteiger partial charge in [-0.25, -0.2) is 18.4 Å². The Hall–Kier alpha value is -3.61. The highest BCUT2D eigenvalue weighted by Crippen LogP contribution is 2.47. The predicted molar refractivity (Wildman–Crippen MR) is 98.7 cm³/mol. The summed E-state index contributed by atoms with van der Waals surface area (Å²) in [7, 11) is 0. The minimum Gasteiger partial charge on any atom is -0.377 e. The molecule has 33 heavy (non-hydrogen) atoms. The van der Waals surface area contributed by atoms with Crippen LogP contribution in [0.5, 0.6) is 0 Å². The Morgan fingerprint density at radius 1 is 0.909 bits per heavy atom. The average molecular weight is 471 g/mol. The molecule has 13 heteroatoms. The van der Waals surface area contributed by atoms with Gasteiger partial charge in [-0.1, -0.05) is 18.2 Å². The van der Waals surface area contributed by atoms with E-state index in [2.05, 4.69) is 20.5 Å². The highest BCUT2D eigenvalue weighted by molar-refractivity contribution is 5.82. The smallest absolute Gasteiger partial charge is 0.377 e. The van der Waals surface area contributed by atoms with Crippen LogP contribution in [-0.4, -0.2) is 30.3 Å². The Balaban J connectivity index is 1.94. The molecule has 0 amide bonds. The molecule has 2 aromatic carbocycles. The summed E-state index contributed by atoms with van der Waals surface area (Å²) in [5, 5.41) is 20.9.